The van der Waals surface area contributed by atoms with Crippen LogP contribution in [0.4, 0.5) is 0 Å². The lowest BCUT2D eigenvalue weighted by molar-refractivity contribution is -0.140. The van der Waals surface area contributed by atoms with Crippen LogP contribution in [0.15, 0.2) is 12.2 Å². The molecule has 1 rings (SSSR count). The third-order valence-corrected chi connectivity index (χ3v) is 2.35. The topological polar surface area (TPSA) is 109 Å². The van der Waals surface area contributed by atoms with E-state index in [-0.39, 0.29) is 6.42 Å². The molecule has 74 valence electrons. The molecule has 7 heteroatoms. The average Bonchev–Trinajstić information content (AvgIpc) is 2.31. The fourth-order valence-corrected chi connectivity index (χ4v) is 1.78. The lowest BCUT2D eigenvalue weighted by Gasteiger charge is -2.08. The van der Waals surface area contributed by atoms with Crippen molar-refractivity contribution >= 4 is 16.2 Å². The van der Waals surface area contributed by atoms with Crippen LogP contribution in [0.2, 0.25) is 0 Å². The molecule has 0 bridgehead atoms. The molecule has 0 aromatic heterocycles. The smallest absolute Gasteiger partial charge is 0.310 e. The number of nitrogens with two attached hydrogens (primary N) is 1. The summed E-state index contributed by atoms with van der Waals surface area (Å²) in [5.41, 5.74) is 0. The van der Waals surface area contributed by atoms with E-state index in [0.717, 1.165) is 0 Å². The Labute approximate surface area is 75.6 Å². The Bertz CT molecular complexity index is 335. The Morgan fingerprint density at radius 1 is 1.54 bits per heavy atom. The van der Waals surface area contributed by atoms with Crippen LogP contribution in [0.5, 0.6) is 0 Å². The van der Waals surface area contributed by atoms with Crippen LogP contribution in [-0.2, 0) is 15.0 Å². The van der Waals surface area contributed by atoms with Gasteiger partial charge in [0.25, 0.3) is 10.2 Å². The van der Waals surface area contributed by atoms with Crippen molar-refractivity contribution in [2.75, 3.05) is 0 Å². The third-order valence-electron chi connectivity index (χ3n) is 1.72. The van der Waals surface area contributed by atoms with Gasteiger partial charge in [0, 0.05) is 6.04 Å². The fourth-order valence-electron chi connectivity index (χ4n) is 1.18. The minimum atomic E-state index is -3.75. The first kappa shape index (κ1) is 10.2. The molecule has 0 heterocycles. The van der Waals surface area contributed by atoms with E-state index in [0.29, 0.717) is 0 Å². The molecule has 0 amide bonds. The fraction of sp³-hybridized carbons (Fsp3) is 0.500. The Morgan fingerprint density at radius 3 is 2.54 bits per heavy atom. The molecule has 0 aliphatic heterocycles. The van der Waals surface area contributed by atoms with E-state index in [1.807, 2.05) is 0 Å². The van der Waals surface area contributed by atoms with Gasteiger partial charge in [-0.05, 0) is 6.42 Å². The van der Waals surface area contributed by atoms with Gasteiger partial charge in [0.2, 0.25) is 0 Å². The number of carbonyl (C=O) groups is 1. The minimum Gasteiger partial charge on any atom is -0.481 e. The Balaban J connectivity index is 2.53. The predicted octanol–water partition coefficient (Wildman–Crippen LogP) is -1.19. The van der Waals surface area contributed by atoms with Gasteiger partial charge >= 0.3 is 5.97 Å². The Hall–Kier alpha value is -0.920. The highest BCUT2D eigenvalue weighted by atomic mass is 32.2. The SMILES string of the molecule is NS(=O)(=O)NC1C=CC(C(=O)O)C1. The molecule has 0 radical (unpaired) electrons. The summed E-state index contributed by atoms with van der Waals surface area (Å²) < 4.78 is 23.2. The first-order chi connectivity index (χ1) is 5.88. The van der Waals surface area contributed by atoms with Crippen molar-refractivity contribution in [3.8, 4) is 0 Å². The number of carboxylic acid groups (broad SMARTS) is 1. The maximum Gasteiger partial charge on any atom is 0.310 e. The summed E-state index contributed by atoms with van der Waals surface area (Å²) in [7, 11) is -3.75. The first-order valence-electron chi connectivity index (χ1n) is 3.59. The molecule has 0 aromatic rings. The van der Waals surface area contributed by atoms with Crippen molar-refractivity contribution in [1.82, 2.24) is 4.72 Å². The molecule has 2 atom stereocenters. The van der Waals surface area contributed by atoms with Crippen LogP contribution in [0.3, 0.4) is 0 Å². The second kappa shape index (κ2) is 3.44. The van der Waals surface area contributed by atoms with E-state index < -0.39 is 28.1 Å². The first-order valence-corrected chi connectivity index (χ1v) is 5.14. The van der Waals surface area contributed by atoms with Crippen molar-refractivity contribution in [2.24, 2.45) is 11.1 Å². The van der Waals surface area contributed by atoms with E-state index >= 15 is 0 Å². The van der Waals surface area contributed by atoms with Crippen molar-refractivity contribution in [3.63, 3.8) is 0 Å². The van der Waals surface area contributed by atoms with Crippen LogP contribution in [0, 0.1) is 5.92 Å². The molecule has 2 unspecified atom stereocenters. The van der Waals surface area contributed by atoms with Crippen molar-refractivity contribution in [2.45, 2.75) is 12.5 Å². The molecule has 4 N–H and O–H groups in total. The van der Waals surface area contributed by atoms with Crippen molar-refractivity contribution < 1.29 is 18.3 Å². The number of nitrogens with one attached hydrogen (secondary N) is 1. The summed E-state index contributed by atoms with van der Waals surface area (Å²) in [6.07, 6.45) is 3.15. The molecule has 0 fully saturated rings. The molecule has 13 heavy (non-hydrogen) atoms. The molecule has 0 saturated carbocycles. The lowest BCUT2D eigenvalue weighted by atomic mass is 10.1. The van der Waals surface area contributed by atoms with Gasteiger partial charge in [-0.25, -0.2) is 5.14 Å². The van der Waals surface area contributed by atoms with Crippen LogP contribution in [0.25, 0.3) is 0 Å². The second-order valence-corrected chi connectivity index (χ2v) is 4.16. The Morgan fingerprint density at radius 2 is 2.15 bits per heavy atom. The Kier molecular flexibility index (Phi) is 2.69. The molecule has 0 saturated heterocycles. The van der Waals surface area contributed by atoms with Crippen LogP contribution < -0.4 is 9.86 Å². The largest absolute Gasteiger partial charge is 0.481 e. The van der Waals surface area contributed by atoms with Gasteiger partial charge in [-0.1, -0.05) is 12.2 Å². The normalized spacial score (nSPS) is 27.8. The molecule has 1 aliphatic rings. The zero-order chi connectivity index (χ0) is 10.1. The highest BCUT2D eigenvalue weighted by Gasteiger charge is 2.25. The maximum absolute atomic E-state index is 10.5. The van der Waals surface area contributed by atoms with Gasteiger partial charge in [0.1, 0.15) is 0 Å². The summed E-state index contributed by atoms with van der Waals surface area (Å²) in [5.74, 6) is -1.59. The number of aliphatic carboxylic acids is 1. The third kappa shape index (κ3) is 3.13. The molecule has 0 aromatic carbocycles. The number of hydrogen-bond donors (Lipinski definition) is 3. The van der Waals surface area contributed by atoms with Crippen molar-refractivity contribution in [3.05, 3.63) is 12.2 Å². The van der Waals surface area contributed by atoms with Gasteiger partial charge in [-0.3, -0.25) is 4.79 Å². The van der Waals surface area contributed by atoms with E-state index in [4.69, 9.17) is 10.2 Å². The van der Waals surface area contributed by atoms with Crippen molar-refractivity contribution in [1.29, 1.82) is 0 Å². The van der Waals surface area contributed by atoms with E-state index in [1.54, 1.807) is 0 Å². The zero-order valence-corrected chi connectivity index (χ0v) is 7.49. The summed E-state index contributed by atoms with van der Waals surface area (Å²) in [4.78, 5) is 10.5. The molecule has 6 nitrogen and oxygen atoms in total. The minimum absolute atomic E-state index is 0.214. The zero-order valence-electron chi connectivity index (χ0n) is 6.67. The summed E-state index contributed by atoms with van der Waals surface area (Å²) in [5, 5.41) is 13.3. The van der Waals surface area contributed by atoms with Gasteiger partial charge < -0.3 is 5.11 Å². The van der Waals surface area contributed by atoms with Crippen LogP contribution >= 0.6 is 0 Å². The monoisotopic (exact) mass is 206 g/mol. The highest BCUT2D eigenvalue weighted by Crippen LogP contribution is 2.17. The van der Waals surface area contributed by atoms with Gasteiger partial charge in [0.05, 0.1) is 5.92 Å². The number of hydrogen-bond acceptors (Lipinski definition) is 3. The number of carboxylic acids is 1. The molecule has 0 spiro atoms. The predicted molar refractivity (Wildman–Crippen MR) is 44.9 cm³/mol. The van der Waals surface area contributed by atoms with E-state index in [1.165, 1.54) is 12.2 Å². The highest BCUT2D eigenvalue weighted by molar-refractivity contribution is 7.87. The van der Waals surface area contributed by atoms with Crippen LogP contribution in [-0.4, -0.2) is 25.5 Å². The number of rotatable bonds is 3. The van der Waals surface area contributed by atoms with Gasteiger partial charge in [-0.2, -0.15) is 13.1 Å². The van der Waals surface area contributed by atoms with Crippen LogP contribution in [0.1, 0.15) is 6.42 Å². The van der Waals surface area contributed by atoms with E-state index in [9.17, 15) is 13.2 Å². The standard InChI is InChI=1S/C6H10N2O4S/c7-13(11,12)8-5-2-1-4(3-5)6(9)10/h1-2,4-5,8H,3H2,(H,9,10)(H2,7,11,12). The summed E-state index contributed by atoms with van der Waals surface area (Å²) >= 11 is 0. The molecule has 1 aliphatic carbocycles. The summed E-state index contributed by atoms with van der Waals surface area (Å²) in [6.45, 7) is 0. The molecular formula is C6H10N2O4S. The maximum atomic E-state index is 10.5. The van der Waals surface area contributed by atoms with E-state index in [2.05, 4.69) is 4.72 Å². The quantitative estimate of drug-likeness (QED) is 0.504. The molecular weight excluding hydrogens is 196 g/mol. The second-order valence-electron chi connectivity index (χ2n) is 2.83. The average molecular weight is 206 g/mol. The summed E-state index contributed by atoms with van der Waals surface area (Å²) in [6, 6.07) is -0.504. The lowest BCUT2D eigenvalue weighted by Crippen LogP contribution is -2.38. The van der Waals surface area contributed by atoms with Gasteiger partial charge in [0.15, 0.2) is 0 Å². The van der Waals surface area contributed by atoms with Gasteiger partial charge in [-0.15, -0.1) is 0 Å².